The molecular weight excluding hydrogens is 849 g/mol. The molecule has 4 nitrogen and oxygen atoms in total. The van der Waals surface area contributed by atoms with E-state index in [-0.39, 0.29) is 0 Å². The quantitative estimate of drug-likeness (QED) is 0.0576. The summed E-state index contributed by atoms with van der Waals surface area (Å²) in [5, 5.41) is 14.3. The molecule has 4 heteroatoms. The molecule has 4 N–H and O–H groups in total. The van der Waals surface area contributed by atoms with E-state index in [1.807, 2.05) is 0 Å². The van der Waals surface area contributed by atoms with Crippen LogP contribution in [-0.4, -0.2) is 0 Å². The predicted molar refractivity (Wildman–Crippen MR) is 300 cm³/mol. The summed E-state index contributed by atoms with van der Waals surface area (Å²) in [5.74, 6) is 0. The Bertz CT molecular complexity index is 2710. The molecule has 0 atom stereocenters. The van der Waals surface area contributed by atoms with Crippen LogP contribution < -0.4 is 21.3 Å². The van der Waals surface area contributed by atoms with Crippen molar-refractivity contribution in [2.24, 2.45) is 0 Å². The van der Waals surface area contributed by atoms with Crippen molar-refractivity contribution in [1.82, 2.24) is 0 Å². The Morgan fingerprint density at radius 2 is 0.486 bits per heavy atom. The van der Waals surface area contributed by atoms with E-state index in [2.05, 4.69) is 300 Å². The highest BCUT2D eigenvalue weighted by atomic mass is 14.9. The summed E-state index contributed by atoms with van der Waals surface area (Å²) in [6.45, 7) is 3.11. The van der Waals surface area contributed by atoms with Gasteiger partial charge in [0, 0.05) is 48.9 Å². The molecule has 0 aliphatic carbocycles. The first-order valence-electron chi connectivity index (χ1n) is 24.1. The van der Waals surface area contributed by atoms with Crippen LogP contribution in [0.15, 0.2) is 267 Å². The van der Waals surface area contributed by atoms with Gasteiger partial charge in [-0.2, -0.15) is 0 Å². The number of hydrogen-bond donors (Lipinski definition) is 4. The molecule has 0 saturated heterocycles. The second-order valence-corrected chi connectivity index (χ2v) is 17.2. The van der Waals surface area contributed by atoms with Crippen LogP contribution in [-0.2, 0) is 26.2 Å². The third kappa shape index (κ3) is 13.6. The number of allylic oxidation sites excluding steroid dienone is 4. The standard InChI is InChI=1S/C66H58N4/c1-5-15-53(16-6-1)47-67-61-39-31-57(32-40-61)65(58-33-41-62(42-34-58)68-48-54-17-7-2-8-18-54)25-13-23-51-27-29-52(30-28-51)24-14-26-66(59-35-43-63(44-36-59)69-49-55-19-9-3-10-20-55)60-37-45-64(46-38-60)70-50-56-21-11-4-12-22-56/h1-46,67-70H,47-50H2. The average Bonchev–Trinajstić information content (AvgIpc) is 3.43. The molecule has 0 saturated carbocycles. The highest BCUT2D eigenvalue weighted by molar-refractivity contribution is 5.84. The second kappa shape index (κ2) is 24.2. The average molecular weight is 907 g/mol. The molecule has 0 aliphatic rings. The maximum atomic E-state index is 3.57. The number of nitrogens with one attached hydrogen (secondary N) is 4. The van der Waals surface area contributed by atoms with E-state index in [1.165, 1.54) is 22.3 Å². The van der Waals surface area contributed by atoms with Gasteiger partial charge in [0.05, 0.1) is 0 Å². The normalized spacial score (nSPS) is 11.0. The van der Waals surface area contributed by atoms with Crippen molar-refractivity contribution in [3.63, 3.8) is 0 Å². The molecular formula is C66H58N4. The molecule has 0 amide bonds. The van der Waals surface area contributed by atoms with Gasteiger partial charge in [-0.05, 0) is 115 Å². The Hall–Kier alpha value is -8.86. The van der Waals surface area contributed by atoms with Crippen molar-refractivity contribution in [3.05, 3.63) is 323 Å². The van der Waals surface area contributed by atoms with Crippen molar-refractivity contribution >= 4 is 46.0 Å². The Morgan fingerprint density at radius 3 is 0.714 bits per heavy atom. The SMILES string of the molecule is C(=Cc1ccc(C=CC=C(c2ccc(NCc3ccccc3)cc2)c2ccc(NCc3ccccc3)cc2)cc1)C=C(c1ccc(NCc2ccccc2)cc1)c1ccc(NCc2ccccc2)cc1. The van der Waals surface area contributed by atoms with Crippen LogP contribution in [0.4, 0.5) is 22.7 Å². The number of benzene rings is 9. The zero-order valence-corrected chi connectivity index (χ0v) is 39.4. The molecule has 9 rings (SSSR count). The first-order chi connectivity index (χ1) is 34.7. The molecule has 0 bridgehead atoms. The number of anilines is 4. The molecule has 0 aliphatic heterocycles. The van der Waals surface area contributed by atoms with Crippen LogP contribution in [0.3, 0.4) is 0 Å². The maximum Gasteiger partial charge on any atom is 0.0400 e. The van der Waals surface area contributed by atoms with Crippen LogP contribution in [0.25, 0.3) is 23.3 Å². The lowest BCUT2D eigenvalue weighted by molar-refractivity contribution is 1.15. The van der Waals surface area contributed by atoms with Gasteiger partial charge in [0.25, 0.3) is 0 Å². The van der Waals surface area contributed by atoms with E-state index in [0.29, 0.717) is 0 Å². The minimum Gasteiger partial charge on any atom is -0.381 e. The van der Waals surface area contributed by atoms with E-state index in [4.69, 9.17) is 0 Å². The van der Waals surface area contributed by atoms with Crippen LogP contribution in [0.5, 0.6) is 0 Å². The van der Waals surface area contributed by atoms with Crippen LogP contribution >= 0.6 is 0 Å². The molecule has 9 aromatic rings. The summed E-state index contributed by atoms with van der Waals surface area (Å²) < 4.78 is 0. The molecule has 0 spiro atoms. The fourth-order valence-corrected chi connectivity index (χ4v) is 8.22. The highest BCUT2D eigenvalue weighted by Gasteiger charge is 2.08. The summed E-state index contributed by atoms with van der Waals surface area (Å²) >= 11 is 0. The van der Waals surface area contributed by atoms with Crippen molar-refractivity contribution in [3.8, 4) is 0 Å². The lowest BCUT2D eigenvalue weighted by atomic mass is 9.96. The number of hydrogen-bond acceptors (Lipinski definition) is 4. The molecule has 0 fully saturated rings. The topological polar surface area (TPSA) is 48.1 Å². The van der Waals surface area contributed by atoms with Crippen molar-refractivity contribution in [1.29, 1.82) is 0 Å². The lowest BCUT2D eigenvalue weighted by Gasteiger charge is -2.12. The number of rotatable bonds is 20. The molecule has 0 unspecified atom stereocenters. The van der Waals surface area contributed by atoms with Crippen molar-refractivity contribution < 1.29 is 0 Å². The van der Waals surface area contributed by atoms with Gasteiger partial charge >= 0.3 is 0 Å². The minimum absolute atomic E-state index is 0.779. The Balaban J connectivity index is 0.904. The molecule has 0 aromatic heterocycles. The largest absolute Gasteiger partial charge is 0.381 e. The highest BCUT2D eigenvalue weighted by Crippen LogP contribution is 2.29. The zero-order chi connectivity index (χ0) is 47.4. The summed E-state index contributed by atoms with van der Waals surface area (Å²) in [5.41, 5.74) is 18.5. The third-order valence-electron chi connectivity index (χ3n) is 12.2. The van der Waals surface area contributed by atoms with E-state index in [9.17, 15) is 0 Å². The van der Waals surface area contributed by atoms with E-state index in [1.54, 1.807) is 0 Å². The van der Waals surface area contributed by atoms with Gasteiger partial charge in [0.15, 0.2) is 0 Å². The molecule has 0 heterocycles. The van der Waals surface area contributed by atoms with E-state index >= 15 is 0 Å². The van der Waals surface area contributed by atoms with Gasteiger partial charge in [0.1, 0.15) is 0 Å². The molecule has 70 heavy (non-hydrogen) atoms. The van der Waals surface area contributed by atoms with Gasteiger partial charge in [-0.3, -0.25) is 0 Å². The second-order valence-electron chi connectivity index (χ2n) is 17.2. The van der Waals surface area contributed by atoms with Gasteiger partial charge < -0.3 is 21.3 Å². The summed E-state index contributed by atoms with van der Waals surface area (Å²) in [4.78, 5) is 0. The monoisotopic (exact) mass is 906 g/mol. The van der Waals surface area contributed by atoms with Crippen LogP contribution in [0.2, 0.25) is 0 Å². The first-order valence-corrected chi connectivity index (χ1v) is 24.1. The Morgan fingerprint density at radius 1 is 0.257 bits per heavy atom. The fraction of sp³-hybridized carbons (Fsp3) is 0.0606. The molecule has 0 radical (unpaired) electrons. The lowest BCUT2D eigenvalue weighted by Crippen LogP contribution is -2.00. The smallest absolute Gasteiger partial charge is 0.0400 e. The molecule has 342 valence electrons. The van der Waals surface area contributed by atoms with Gasteiger partial charge in [-0.1, -0.05) is 231 Å². The van der Waals surface area contributed by atoms with Crippen LogP contribution in [0, 0.1) is 0 Å². The summed E-state index contributed by atoms with van der Waals surface area (Å²) in [7, 11) is 0. The van der Waals surface area contributed by atoms with E-state index < -0.39 is 0 Å². The van der Waals surface area contributed by atoms with E-state index in [0.717, 1.165) is 93.5 Å². The van der Waals surface area contributed by atoms with Gasteiger partial charge in [0.2, 0.25) is 0 Å². The third-order valence-corrected chi connectivity index (χ3v) is 12.2. The Kier molecular flexibility index (Phi) is 16.0. The maximum absolute atomic E-state index is 3.57. The predicted octanol–water partition coefficient (Wildman–Crippen LogP) is 16.4. The summed E-state index contributed by atoms with van der Waals surface area (Å²) in [6.07, 6.45) is 13.1. The minimum atomic E-state index is 0.779. The molecule has 9 aromatic carbocycles. The Labute approximate surface area is 414 Å². The van der Waals surface area contributed by atoms with Gasteiger partial charge in [-0.15, -0.1) is 0 Å². The summed E-state index contributed by atoms with van der Waals surface area (Å²) in [6, 6.07) is 85.6. The first kappa shape index (κ1) is 46.3. The van der Waals surface area contributed by atoms with Crippen LogP contribution in [0.1, 0.15) is 55.6 Å². The fourth-order valence-electron chi connectivity index (χ4n) is 8.22. The van der Waals surface area contributed by atoms with Crippen molar-refractivity contribution in [2.45, 2.75) is 26.2 Å². The zero-order valence-electron chi connectivity index (χ0n) is 39.4. The van der Waals surface area contributed by atoms with Crippen molar-refractivity contribution in [2.75, 3.05) is 21.3 Å². The van der Waals surface area contributed by atoms with Gasteiger partial charge in [-0.25, -0.2) is 0 Å².